The van der Waals surface area contributed by atoms with Gasteiger partial charge in [0.1, 0.15) is 24.2 Å². The van der Waals surface area contributed by atoms with Crippen molar-refractivity contribution in [3.05, 3.63) is 88.9 Å². The fourth-order valence-corrected chi connectivity index (χ4v) is 5.39. The van der Waals surface area contributed by atoms with Crippen molar-refractivity contribution in [3.8, 4) is 17.6 Å². The largest absolute Gasteiger partial charge is 0.492 e. The van der Waals surface area contributed by atoms with Crippen LogP contribution in [0.5, 0.6) is 11.5 Å². The van der Waals surface area contributed by atoms with Gasteiger partial charge < -0.3 is 20.1 Å². The molecule has 4 aromatic rings. The number of benzene rings is 2. The molecular formula is C34H35ClN6O3. The van der Waals surface area contributed by atoms with Crippen LogP contribution in [0.4, 0.5) is 17.1 Å². The first-order valence-electron chi connectivity index (χ1n) is 14.8. The molecule has 5 rings (SSSR count). The first-order chi connectivity index (χ1) is 21.4. The number of carbonyl (C=O) groups is 1. The number of pyridine rings is 2. The number of aromatic nitrogens is 2. The summed E-state index contributed by atoms with van der Waals surface area (Å²) in [5.74, 6) is 0.752. The molecule has 2 aromatic carbocycles. The number of hydrogen-bond donors (Lipinski definition) is 2. The van der Waals surface area contributed by atoms with Gasteiger partial charge in [-0.15, -0.1) is 0 Å². The molecule has 0 spiro atoms. The maximum absolute atomic E-state index is 12.9. The van der Waals surface area contributed by atoms with Gasteiger partial charge in [0.05, 0.1) is 45.5 Å². The van der Waals surface area contributed by atoms with Crippen LogP contribution in [0.1, 0.15) is 43.1 Å². The highest BCUT2D eigenvalue weighted by molar-refractivity contribution is 6.32. The smallest absolute Gasteiger partial charge is 0.248 e. The Balaban J connectivity index is 1.42. The molecule has 1 saturated heterocycles. The normalized spacial score (nSPS) is 13.5. The van der Waals surface area contributed by atoms with Gasteiger partial charge in [-0.3, -0.25) is 19.7 Å². The number of piperidine rings is 1. The summed E-state index contributed by atoms with van der Waals surface area (Å²) in [6.07, 6.45) is 8.81. The van der Waals surface area contributed by atoms with Gasteiger partial charge in [-0.05, 0) is 76.2 Å². The van der Waals surface area contributed by atoms with Crippen LogP contribution >= 0.6 is 11.6 Å². The molecule has 3 heterocycles. The molecule has 9 nitrogen and oxygen atoms in total. The molecule has 44 heavy (non-hydrogen) atoms. The second-order valence-corrected chi connectivity index (χ2v) is 10.9. The maximum atomic E-state index is 12.9. The molecule has 0 atom stereocenters. The van der Waals surface area contributed by atoms with E-state index >= 15 is 0 Å². The van der Waals surface area contributed by atoms with Gasteiger partial charge in [-0.25, -0.2) is 0 Å². The molecule has 0 aliphatic carbocycles. The van der Waals surface area contributed by atoms with Crippen LogP contribution in [0.2, 0.25) is 5.02 Å². The van der Waals surface area contributed by atoms with Crippen LogP contribution in [0.25, 0.3) is 10.9 Å². The Labute approximate surface area is 262 Å². The van der Waals surface area contributed by atoms with E-state index < -0.39 is 0 Å². The monoisotopic (exact) mass is 610 g/mol. The average molecular weight is 611 g/mol. The van der Waals surface area contributed by atoms with Crippen LogP contribution < -0.4 is 20.1 Å². The molecule has 0 saturated carbocycles. The number of nitriles is 1. The van der Waals surface area contributed by atoms with Crippen molar-refractivity contribution >= 4 is 45.5 Å². The molecule has 10 heteroatoms. The van der Waals surface area contributed by atoms with E-state index in [9.17, 15) is 10.1 Å². The zero-order valence-electron chi connectivity index (χ0n) is 24.9. The topological polar surface area (TPSA) is 112 Å². The summed E-state index contributed by atoms with van der Waals surface area (Å²) >= 11 is 6.58. The minimum absolute atomic E-state index is 0.259. The quantitative estimate of drug-likeness (QED) is 0.172. The molecule has 1 aliphatic heterocycles. The minimum Gasteiger partial charge on any atom is -0.492 e. The highest BCUT2D eigenvalue weighted by Gasteiger charge is 2.18. The van der Waals surface area contributed by atoms with Gasteiger partial charge in [-0.1, -0.05) is 30.2 Å². The maximum Gasteiger partial charge on any atom is 0.248 e. The van der Waals surface area contributed by atoms with Crippen LogP contribution in [0.3, 0.4) is 0 Å². The lowest BCUT2D eigenvalue weighted by Crippen LogP contribution is -2.29. The molecular weight excluding hydrogens is 576 g/mol. The second kappa shape index (κ2) is 14.7. The van der Waals surface area contributed by atoms with Gasteiger partial charge in [-0.2, -0.15) is 5.26 Å². The van der Waals surface area contributed by atoms with Crippen molar-refractivity contribution in [1.29, 1.82) is 5.26 Å². The molecule has 0 unspecified atom stereocenters. The number of carbonyl (C=O) groups excluding carboxylic acids is 1. The Hall–Kier alpha value is -4.65. The van der Waals surface area contributed by atoms with Crippen molar-refractivity contribution in [3.63, 3.8) is 0 Å². The zero-order valence-corrected chi connectivity index (χ0v) is 25.7. The SMILES string of the molecule is CCOc1cc2nc(C)c(C#N)c(Nc3ccc(OCc4ccccn4)c(Cl)c3)c2cc1NC(=O)/C=C/CN1CCCCC1. The summed E-state index contributed by atoms with van der Waals surface area (Å²) in [6.45, 7) is 7.21. The van der Waals surface area contributed by atoms with Crippen LogP contribution in [-0.2, 0) is 11.4 Å². The number of nitrogens with one attached hydrogen (secondary N) is 2. The number of amides is 1. The second-order valence-electron chi connectivity index (χ2n) is 10.5. The zero-order chi connectivity index (χ0) is 30.9. The predicted molar refractivity (Wildman–Crippen MR) is 174 cm³/mol. The summed E-state index contributed by atoms with van der Waals surface area (Å²) in [7, 11) is 0. The number of likely N-dealkylation sites (tertiary alicyclic amines) is 1. The molecule has 1 amide bonds. The van der Waals surface area contributed by atoms with Crippen molar-refractivity contribution in [2.24, 2.45) is 0 Å². The Morgan fingerprint density at radius 3 is 2.68 bits per heavy atom. The highest BCUT2D eigenvalue weighted by atomic mass is 35.5. The van der Waals surface area contributed by atoms with Crippen LogP contribution in [0.15, 0.2) is 66.9 Å². The third-order valence-corrected chi connectivity index (χ3v) is 7.62. The molecule has 1 fully saturated rings. The number of hydrogen-bond acceptors (Lipinski definition) is 8. The van der Waals surface area contributed by atoms with Crippen molar-refractivity contribution in [2.45, 2.75) is 39.7 Å². The van der Waals surface area contributed by atoms with E-state index in [1.54, 1.807) is 43.5 Å². The summed E-state index contributed by atoms with van der Waals surface area (Å²) < 4.78 is 11.7. The summed E-state index contributed by atoms with van der Waals surface area (Å²) in [5.41, 5.74) is 4.04. The van der Waals surface area contributed by atoms with Gasteiger partial charge in [0.25, 0.3) is 0 Å². The molecule has 0 bridgehead atoms. The Morgan fingerprint density at radius 2 is 1.95 bits per heavy atom. The van der Waals surface area contributed by atoms with Crippen molar-refractivity contribution < 1.29 is 14.3 Å². The third kappa shape index (κ3) is 7.64. The average Bonchev–Trinajstić information content (AvgIpc) is 3.02. The predicted octanol–water partition coefficient (Wildman–Crippen LogP) is 7.17. The fraction of sp³-hybridized carbons (Fsp3) is 0.294. The van der Waals surface area contributed by atoms with Crippen molar-refractivity contribution in [1.82, 2.24) is 14.9 Å². The van der Waals surface area contributed by atoms with Gasteiger partial charge in [0.2, 0.25) is 5.91 Å². The van der Waals surface area contributed by atoms with E-state index in [4.69, 9.17) is 21.1 Å². The Kier molecular flexibility index (Phi) is 10.3. The summed E-state index contributed by atoms with van der Waals surface area (Å²) in [4.78, 5) is 24.2. The first-order valence-corrected chi connectivity index (χ1v) is 15.1. The van der Waals surface area contributed by atoms with Crippen LogP contribution in [0, 0.1) is 18.3 Å². The lowest BCUT2D eigenvalue weighted by Gasteiger charge is -2.24. The fourth-order valence-electron chi connectivity index (χ4n) is 5.15. The minimum atomic E-state index is -0.259. The summed E-state index contributed by atoms with van der Waals surface area (Å²) in [5, 5.41) is 17.5. The molecule has 2 aromatic heterocycles. The number of fused-ring (bicyclic) bond motifs is 1. The number of aryl methyl sites for hydroxylation is 1. The van der Waals surface area contributed by atoms with E-state index in [1.807, 2.05) is 37.3 Å². The lowest BCUT2D eigenvalue weighted by molar-refractivity contribution is -0.111. The van der Waals surface area contributed by atoms with Gasteiger partial charge in [0, 0.05) is 36.0 Å². The van der Waals surface area contributed by atoms with Crippen molar-refractivity contribution in [2.75, 3.05) is 36.9 Å². The van der Waals surface area contributed by atoms with E-state index in [1.165, 1.54) is 19.3 Å². The number of anilines is 3. The lowest BCUT2D eigenvalue weighted by atomic mass is 10.0. The Bertz CT molecular complexity index is 1700. The van der Waals surface area contributed by atoms with Gasteiger partial charge in [0.15, 0.2) is 0 Å². The number of nitrogens with zero attached hydrogens (tertiary/aromatic N) is 4. The standard InChI is InChI=1S/C34H35ClN6O3/c1-3-43-32-20-29-26(19-30(32)40-33(42)11-9-17-41-15-7-4-8-16-41)34(27(21-36)23(2)38-29)39-24-12-13-31(28(35)18-24)44-22-25-10-5-6-14-37-25/h5-6,9-14,18-20H,3-4,7-8,15-17,22H2,1-2H3,(H,38,39)(H,40,42)/b11-9+. The van der Waals surface area contributed by atoms with E-state index in [2.05, 4.69) is 31.6 Å². The van der Waals surface area contributed by atoms with E-state index in [0.29, 0.717) is 62.4 Å². The molecule has 226 valence electrons. The van der Waals surface area contributed by atoms with E-state index in [-0.39, 0.29) is 12.5 Å². The summed E-state index contributed by atoms with van der Waals surface area (Å²) in [6, 6.07) is 16.8. The van der Waals surface area contributed by atoms with Gasteiger partial charge >= 0.3 is 0 Å². The first kappa shape index (κ1) is 30.8. The number of ether oxygens (including phenoxy) is 2. The Morgan fingerprint density at radius 1 is 1.11 bits per heavy atom. The number of halogens is 1. The molecule has 1 aliphatic rings. The van der Waals surface area contributed by atoms with E-state index in [0.717, 1.165) is 25.3 Å². The number of rotatable bonds is 11. The van der Waals surface area contributed by atoms with Crippen LogP contribution in [-0.4, -0.2) is 47.0 Å². The molecule has 0 radical (unpaired) electrons. The molecule has 2 N–H and O–H groups in total. The highest BCUT2D eigenvalue weighted by Crippen LogP contribution is 2.38. The third-order valence-electron chi connectivity index (χ3n) is 7.32.